The van der Waals surface area contributed by atoms with Crippen molar-refractivity contribution in [1.29, 1.82) is 0 Å². The van der Waals surface area contributed by atoms with E-state index in [1.165, 1.54) is 6.21 Å². The second kappa shape index (κ2) is 8.17. The van der Waals surface area contributed by atoms with Gasteiger partial charge in [-0.05, 0) is 42.5 Å². The van der Waals surface area contributed by atoms with Crippen LogP contribution in [0.4, 0.5) is 0 Å². The van der Waals surface area contributed by atoms with E-state index < -0.39 is 5.63 Å². The Morgan fingerprint density at radius 2 is 1.75 bits per heavy atom. The lowest BCUT2D eigenvalue weighted by Gasteiger charge is -2.03. The molecule has 0 aliphatic carbocycles. The van der Waals surface area contributed by atoms with Crippen LogP contribution in [0.1, 0.15) is 15.9 Å². The highest BCUT2D eigenvalue weighted by Gasteiger charge is 2.16. The summed E-state index contributed by atoms with van der Waals surface area (Å²) in [4.78, 5) is 28.4. The van der Waals surface area contributed by atoms with E-state index in [4.69, 9.17) is 16.0 Å². The first-order valence-electron chi connectivity index (χ1n) is 9.83. The fraction of sp³-hybridized carbons (Fsp3) is 0. The van der Waals surface area contributed by atoms with Gasteiger partial charge in [0.15, 0.2) is 0 Å². The van der Waals surface area contributed by atoms with Crippen LogP contribution in [0.5, 0.6) is 0 Å². The van der Waals surface area contributed by atoms with Gasteiger partial charge < -0.3 is 9.40 Å². The molecule has 0 saturated carbocycles. The molecule has 2 N–H and O–H groups in total. The van der Waals surface area contributed by atoms with Crippen LogP contribution in [0.15, 0.2) is 93.2 Å². The van der Waals surface area contributed by atoms with Gasteiger partial charge in [0.2, 0.25) is 0 Å². The number of hydrogen-bond donors (Lipinski definition) is 2. The number of carbonyl (C=O) groups excluding carboxylic acids is 1. The second-order valence-electron chi connectivity index (χ2n) is 7.15. The number of aromatic nitrogens is 1. The summed E-state index contributed by atoms with van der Waals surface area (Å²) in [5.41, 5.74) is 5.45. The number of hydrazone groups is 1. The summed E-state index contributed by atoms with van der Waals surface area (Å²) in [5, 5.41) is 6.34. The number of benzene rings is 3. The van der Waals surface area contributed by atoms with E-state index in [-0.39, 0.29) is 5.91 Å². The van der Waals surface area contributed by atoms with Gasteiger partial charge in [-0.3, -0.25) is 4.79 Å². The molecule has 3 aromatic carbocycles. The number of amides is 1. The molecule has 2 heterocycles. The molecule has 156 valence electrons. The monoisotopic (exact) mass is 441 g/mol. The molecule has 32 heavy (non-hydrogen) atoms. The van der Waals surface area contributed by atoms with E-state index in [1.54, 1.807) is 36.4 Å². The highest BCUT2D eigenvalue weighted by Crippen LogP contribution is 2.29. The highest BCUT2D eigenvalue weighted by atomic mass is 35.5. The number of para-hydroxylation sites is 2. The molecule has 0 unspecified atom stereocenters. The van der Waals surface area contributed by atoms with Crippen molar-refractivity contribution >= 4 is 45.6 Å². The molecule has 0 radical (unpaired) electrons. The van der Waals surface area contributed by atoms with E-state index >= 15 is 0 Å². The van der Waals surface area contributed by atoms with Gasteiger partial charge in [-0.1, -0.05) is 48.0 Å². The third kappa shape index (κ3) is 3.68. The van der Waals surface area contributed by atoms with Crippen molar-refractivity contribution in [2.24, 2.45) is 5.10 Å². The average Bonchev–Trinajstić information content (AvgIpc) is 3.17. The minimum Gasteiger partial charge on any atom is -0.422 e. The van der Waals surface area contributed by atoms with Crippen molar-refractivity contribution < 1.29 is 9.21 Å². The maximum absolute atomic E-state index is 12.7. The number of carbonyl (C=O) groups is 1. The normalized spacial score (nSPS) is 11.4. The number of aromatic amines is 1. The lowest BCUT2D eigenvalue weighted by Crippen LogP contribution is -2.17. The van der Waals surface area contributed by atoms with Gasteiger partial charge in [0.1, 0.15) is 5.58 Å². The summed E-state index contributed by atoms with van der Waals surface area (Å²) >= 11 is 5.87. The van der Waals surface area contributed by atoms with E-state index in [2.05, 4.69) is 15.5 Å². The first-order valence-corrected chi connectivity index (χ1v) is 10.2. The second-order valence-corrected chi connectivity index (χ2v) is 7.59. The standard InChI is InChI=1S/C25H16ClN3O3/c26-17-11-9-15(10-12-17)24(30)29-27-14-20-18-6-2-3-7-21(18)28-23(20)19-13-16-5-1-4-8-22(16)32-25(19)31/h1-14,28H,(H,29,30)/b27-14+. The van der Waals surface area contributed by atoms with Crippen LogP contribution in [0.25, 0.3) is 33.1 Å². The van der Waals surface area contributed by atoms with E-state index in [0.29, 0.717) is 33.0 Å². The van der Waals surface area contributed by atoms with Gasteiger partial charge in [-0.2, -0.15) is 5.10 Å². The zero-order chi connectivity index (χ0) is 22.1. The minimum atomic E-state index is -0.463. The Balaban J connectivity index is 1.56. The number of hydrogen-bond acceptors (Lipinski definition) is 4. The maximum Gasteiger partial charge on any atom is 0.345 e. The van der Waals surface area contributed by atoms with Gasteiger partial charge in [0.25, 0.3) is 5.91 Å². The molecule has 0 aliphatic rings. The Kier molecular flexibility index (Phi) is 5.05. The Labute approximate surface area is 187 Å². The smallest absolute Gasteiger partial charge is 0.345 e. The SMILES string of the molecule is O=C(N/N=C/c1c(-c2cc3ccccc3oc2=O)[nH]c2ccccc12)c1ccc(Cl)cc1. The quantitative estimate of drug-likeness (QED) is 0.223. The summed E-state index contributed by atoms with van der Waals surface area (Å²) in [6, 6.07) is 23.2. The summed E-state index contributed by atoms with van der Waals surface area (Å²) in [7, 11) is 0. The number of halogens is 1. The van der Waals surface area contributed by atoms with Crippen molar-refractivity contribution in [1.82, 2.24) is 10.4 Å². The van der Waals surface area contributed by atoms with Gasteiger partial charge in [-0.25, -0.2) is 10.2 Å². The molecule has 1 amide bonds. The molecular weight excluding hydrogens is 426 g/mol. The molecule has 0 saturated heterocycles. The fourth-order valence-corrected chi connectivity index (χ4v) is 3.69. The van der Waals surface area contributed by atoms with Crippen LogP contribution in [0, 0.1) is 0 Å². The van der Waals surface area contributed by atoms with Crippen LogP contribution in [0.2, 0.25) is 5.02 Å². The molecule has 0 fully saturated rings. The third-order valence-electron chi connectivity index (χ3n) is 5.12. The predicted molar refractivity (Wildman–Crippen MR) is 126 cm³/mol. The number of nitrogens with zero attached hydrogens (tertiary/aromatic N) is 1. The number of nitrogens with one attached hydrogen (secondary N) is 2. The number of fused-ring (bicyclic) bond motifs is 2. The van der Waals surface area contributed by atoms with Gasteiger partial charge in [-0.15, -0.1) is 0 Å². The van der Waals surface area contributed by atoms with Gasteiger partial charge in [0, 0.05) is 32.4 Å². The van der Waals surface area contributed by atoms with Gasteiger partial charge in [0.05, 0.1) is 17.5 Å². The van der Waals surface area contributed by atoms with E-state index in [9.17, 15) is 9.59 Å². The molecular formula is C25H16ClN3O3. The lowest BCUT2D eigenvalue weighted by atomic mass is 10.1. The molecule has 7 heteroatoms. The minimum absolute atomic E-state index is 0.371. The Bertz CT molecular complexity index is 1550. The first kappa shape index (κ1) is 19.8. The molecule has 0 aliphatic heterocycles. The van der Waals surface area contributed by atoms with Crippen molar-refractivity contribution in [3.8, 4) is 11.3 Å². The number of H-pyrrole nitrogens is 1. The predicted octanol–water partition coefficient (Wildman–Crippen LogP) is 5.36. The average molecular weight is 442 g/mol. The highest BCUT2D eigenvalue weighted by molar-refractivity contribution is 6.30. The summed E-state index contributed by atoms with van der Waals surface area (Å²) in [5.74, 6) is -0.371. The summed E-state index contributed by atoms with van der Waals surface area (Å²) < 4.78 is 5.51. The molecule has 0 spiro atoms. The van der Waals surface area contributed by atoms with E-state index in [1.807, 2.05) is 42.5 Å². The maximum atomic E-state index is 12.7. The zero-order valence-electron chi connectivity index (χ0n) is 16.6. The van der Waals surface area contributed by atoms with Crippen LogP contribution < -0.4 is 11.1 Å². The van der Waals surface area contributed by atoms with Crippen LogP contribution >= 0.6 is 11.6 Å². The first-order chi connectivity index (χ1) is 15.6. The Morgan fingerprint density at radius 1 is 1.00 bits per heavy atom. The van der Waals surface area contributed by atoms with Crippen LogP contribution in [0.3, 0.4) is 0 Å². The molecule has 0 atom stereocenters. The lowest BCUT2D eigenvalue weighted by molar-refractivity contribution is 0.0955. The third-order valence-corrected chi connectivity index (χ3v) is 5.38. The van der Waals surface area contributed by atoms with Gasteiger partial charge >= 0.3 is 5.63 Å². The Morgan fingerprint density at radius 3 is 2.59 bits per heavy atom. The van der Waals surface area contributed by atoms with E-state index in [0.717, 1.165) is 16.3 Å². The topological polar surface area (TPSA) is 87.5 Å². The van der Waals surface area contributed by atoms with Crippen LogP contribution in [-0.2, 0) is 0 Å². The molecule has 5 rings (SSSR count). The van der Waals surface area contributed by atoms with Crippen molar-refractivity contribution in [3.63, 3.8) is 0 Å². The zero-order valence-corrected chi connectivity index (χ0v) is 17.4. The van der Waals surface area contributed by atoms with Crippen molar-refractivity contribution in [2.75, 3.05) is 0 Å². The summed E-state index contributed by atoms with van der Waals surface area (Å²) in [6.45, 7) is 0. The molecule has 6 nitrogen and oxygen atoms in total. The molecule has 5 aromatic rings. The number of rotatable bonds is 4. The Hall–Kier alpha value is -4.16. The molecule has 2 aromatic heterocycles. The summed E-state index contributed by atoms with van der Waals surface area (Å²) in [6.07, 6.45) is 1.52. The fourth-order valence-electron chi connectivity index (χ4n) is 3.57. The van der Waals surface area contributed by atoms with Crippen molar-refractivity contribution in [2.45, 2.75) is 0 Å². The van der Waals surface area contributed by atoms with Crippen molar-refractivity contribution in [3.05, 3.63) is 105 Å². The van der Waals surface area contributed by atoms with Crippen LogP contribution in [-0.4, -0.2) is 17.1 Å². The largest absolute Gasteiger partial charge is 0.422 e. The molecule has 0 bridgehead atoms.